The van der Waals surface area contributed by atoms with Crippen molar-refractivity contribution in [3.8, 4) is 0 Å². The first-order valence-corrected chi connectivity index (χ1v) is 5.52. The summed E-state index contributed by atoms with van der Waals surface area (Å²) in [5, 5.41) is 0. The van der Waals surface area contributed by atoms with Crippen LogP contribution in [0.5, 0.6) is 0 Å². The van der Waals surface area contributed by atoms with Gasteiger partial charge in [-0.1, -0.05) is 11.2 Å². The van der Waals surface area contributed by atoms with Gasteiger partial charge in [-0.15, -0.1) is 23.2 Å². The van der Waals surface area contributed by atoms with E-state index in [1.807, 2.05) is 0 Å². The summed E-state index contributed by atoms with van der Waals surface area (Å²) in [6.07, 6.45) is 0.863. The van der Waals surface area contributed by atoms with Crippen molar-refractivity contribution >= 4 is 41.7 Å². The summed E-state index contributed by atoms with van der Waals surface area (Å²) < 4.78 is 0. The van der Waals surface area contributed by atoms with Gasteiger partial charge in [-0.2, -0.15) is 0 Å². The number of hydrogen-bond donors (Lipinski definition) is 0. The van der Waals surface area contributed by atoms with Gasteiger partial charge < -0.3 is 0 Å². The molecule has 0 N–H and O–H groups in total. The third-order valence-electron chi connectivity index (χ3n) is 0.457. The molecule has 0 aliphatic heterocycles. The summed E-state index contributed by atoms with van der Waals surface area (Å²) in [7, 11) is -0.473. The van der Waals surface area contributed by atoms with Gasteiger partial charge in [-0.05, 0) is 6.16 Å². The molecule has 0 saturated carbocycles. The summed E-state index contributed by atoms with van der Waals surface area (Å²) in [6.45, 7) is 0. The van der Waals surface area contributed by atoms with Crippen LogP contribution >= 0.6 is 41.7 Å². The van der Waals surface area contributed by atoms with E-state index in [9.17, 15) is 0 Å². The Balaban J connectivity index is 2.83. The smallest absolute Gasteiger partial charge is 0.0564 e. The lowest BCUT2D eigenvalue weighted by molar-refractivity contribution is 1.52. The Hall–Kier alpha value is 1.30. The van der Waals surface area contributed by atoms with E-state index in [2.05, 4.69) is 0 Å². The molecule has 4 heteroatoms. The molecule has 0 saturated heterocycles. The Kier molecular flexibility index (Phi) is 6.45. The lowest BCUT2D eigenvalue weighted by atomic mass is 11.0. The molecule has 0 fully saturated rings. The van der Waals surface area contributed by atoms with Crippen LogP contribution in [0.3, 0.4) is 0 Å². The highest BCUT2D eigenvalue weighted by atomic mass is 35.7. The van der Waals surface area contributed by atoms with Crippen molar-refractivity contribution in [1.29, 1.82) is 0 Å². The van der Waals surface area contributed by atoms with Crippen LogP contribution in [0.1, 0.15) is 0 Å². The topological polar surface area (TPSA) is 0 Å². The first-order chi connectivity index (χ1) is 3.31. The SMILES string of the molecule is ClCCP(Cl)CCl. The molecule has 0 nitrogen and oxygen atoms in total. The molecule has 0 heterocycles. The standard InChI is InChI=1S/C3H6Cl3P/c4-1-2-7(6)3-5/h1-3H2. The highest BCUT2D eigenvalue weighted by molar-refractivity contribution is 7.85. The van der Waals surface area contributed by atoms with Gasteiger partial charge in [0.2, 0.25) is 0 Å². The lowest BCUT2D eigenvalue weighted by Crippen LogP contribution is -1.78. The fourth-order valence-corrected chi connectivity index (χ4v) is 1.94. The molecule has 7 heavy (non-hydrogen) atoms. The summed E-state index contributed by atoms with van der Waals surface area (Å²) in [5.74, 6) is 0.627. The maximum absolute atomic E-state index is 5.61. The van der Waals surface area contributed by atoms with Crippen molar-refractivity contribution in [3.63, 3.8) is 0 Å². The highest BCUT2D eigenvalue weighted by Crippen LogP contribution is 2.41. The van der Waals surface area contributed by atoms with Gasteiger partial charge in [-0.25, -0.2) is 0 Å². The minimum atomic E-state index is -0.473. The number of halogens is 3. The number of alkyl halides is 2. The fourth-order valence-electron chi connectivity index (χ4n) is 0.151. The van der Waals surface area contributed by atoms with Crippen LogP contribution in [0.4, 0.5) is 0 Å². The first-order valence-electron chi connectivity index (χ1n) is 1.84. The van der Waals surface area contributed by atoms with Crippen molar-refractivity contribution in [2.45, 2.75) is 0 Å². The van der Waals surface area contributed by atoms with Crippen molar-refractivity contribution in [2.75, 3.05) is 17.7 Å². The maximum atomic E-state index is 5.61. The molecule has 0 aromatic rings. The first kappa shape index (κ1) is 8.30. The fraction of sp³-hybridized carbons (Fsp3) is 1.00. The molecular formula is C3H6Cl3P. The highest BCUT2D eigenvalue weighted by Gasteiger charge is 1.97. The predicted octanol–water partition coefficient (Wildman–Crippen LogP) is 3.06. The van der Waals surface area contributed by atoms with Gasteiger partial charge in [0.25, 0.3) is 0 Å². The summed E-state index contributed by atoms with van der Waals surface area (Å²) in [4.78, 5) is 0. The molecule has 1 unspecified atom stereocenters. The van der Waals surface area contributed by atoms with E-state index in [1.54, 1.807) is 0 Å². The van der Waals surface area contributed by atoms with Gasteiger partial charge in [0.1, 0.15) is 0 Å². The molecule has 0 aliphatic carbocycles. The van der Waals surface area contributed by atoms with E-state index in [0.717, 1.165) is 6.16 Å². The largest absolute Gasteiger partial charge is 0.126 e. The third kappa shape index (κ3) is 5.17. The number of rotatable bonds is 3. The Labute approximate surface area is 59.7 Å². The van der Waals surface area contributed by atoms with Gasteiger partial charge in [-0.3, -0.25) is 0 Å². The van der Waals surface area contributed by atoms with Crippen LogP contribution in [0.2, 0.25) is 0 Å². The average Bonchev–Trinajstić information content (AvgIpc) is 1.68. The van der Waals surface area contributed by atoms with Gasteiger partial charge >= 0.3 is 0 Å². The zero-order valence-electron chi connectivity index (χ0n) is 3.70. The second-order valence-corrected chi connectivity index (χ2v) is 5.14. The Bertz CT molecular complexity index is 41.2. The second-order valence-electron chi connectivity index (χ2n) is 0.995. The van der Waals surface area contributed by atoms with Crippen LogP contribution in [-0.2, 0) is 0 Å². The van der Waals surface area contributed by atoms with Crippen molar-refractivity contribution in [1.82, 2.24) is 0 Å². The van der Waals surface area contributed by atoms with Crippen molar-refractivity contribution in [3.05, 3.63) is 0 Å². The van der Waals surface area contributed by atoms with Crippen LogP contribution in [0.15, 0.2) is 0 Å². The van der Waals surface area contributed by atoms with Gasteiger partial charge in [0.05, 0.1) is 5.62 Å². The zero-order valence-corrected chi connectivity index (χ0v) is 6.86. The van der Waals surface area contributed by atoms with Crippen LogP contribution in [0.25, 0.3) is 0 Å². The summed E-state index contributed by atoms with van der Waals surface area (Å²) in [5.41, 5.74) is 0.559. The Morgan fingerprint density at radius 3 is 2.00 bits per heavy atom. The average molecular weight is 179 g/mol. The van der Waals surface area contributed by atoms with E-state index >= 15 is 0 Å². The monoisotopic (exact) mass is 178 g/mol. The molecule has 0 aliphatic rings. The molecule has 0 rings (SSSR count). The van der Waals surface area contributed by atoms with Crippen LogP contribution < -0.4 is 0 Å². The van der Waals surface area contributed by atoms with Gasteiger partial charge in [0.15, 0.2) is 0 Å². The Morgan fingerprint density at radius 2 is 1.86 bits per heavy atom. The molecule has 0 radical (unpaired) electrons. The zero-order chi connectivity index (χ0) is 5.70. The molecule has 1 atom stereocenters. The minimum Gasteiger partial charge on any atom is -0.126 e. The normalized spacial score (nSPS) is 14.1. The Morgan fingerprint density at radius 1 is 1.29 bits per heavy atom. The van der Waals surface area contributed by atoms with Crippen LogP contribution in [0, 0.1) is 0 Å². The lowest BCUT2D eigenvalue weighted by Gasteiger charge is -1.97. The molecule has 0 amide bonds. The molecule has 0 bridgehead atoms. The molecule has 0 aromatic carbocycles. The van der Waals surface area contributed by atoms with E-state index in [-0.39, 0.29) is 0 Å². The van der Waals surface area contributed by atoms with Crippen molar-refractivity contribution < 1.29 is 0 Å². The maximum Gasteiger partial charge on any atom is 0.0564 e. The predicted molar refractivity (Wildman–Crippen MR) is 39.1 cm³/mol. The quantitative estimate of drug-likeness (QED) is 0.461. The van der Waals surface area contributed by atoms with E-state index in [1.165, 1.54) is 0 Å². The molecule has 0 spiro atoms. The van der Waals surface area contributed by atoms with E-state index in [0.29, 0.717) is 11.5 Å². The third-order valence-corrected chi connectivity index (χ3v) is 3.98. The van der Waals surface area contributed by atoms with Crippen molar-refractivity contribution in [2.24, 2.45) is 0 Å². The van der Waals surface area contributed by atoms with Gasteiger partial charge in [0, 0.05) is 13.2 Å². The van der Waals surface area contributed by atoms with E-state index in [4.69, 9.17) is 34.4 Å². The summed E-state index contributed by atoms with van der Waals surface area (Å²) >= 11 is 16.3. The molecular weight excluding hydrogens is 173 g/mol. The number of hydrogen-bond acceptors (Lipinski definition) is 0. The minimum absolute atomic E-state index is 0.473. The van der Waals surface area contributed by atoms with E-state index < -0.39 is 7.27 Å². The van der Waals surface area contributed by atoms with Crippen LogP contribution in [-0.4, -0.2) is 17.7 Å². The second kappa shape index (κ2) is 5.44. The summed E-state index contributed by atoms with van der Waals surface area (Å²) in [6, 6.07) is 0. The molecule has 44 valence electrons. The molecule has 0 aromatic heterocycles.